The predicted octanol–water partition coefficient (Wildman–Crippen LogP) is 0.690. The van der Waals surface area contributed by atoms with E-state index in [-0.39, 0.29) is 0 Å². The minimum Gasteiger partial charge on any atom is -0.461 e. The maximum absolute atomic E-state index is 11.3. The second-order valence-corrected chi connectivity index (χ2v) is 3.32. The first-order valence-corrected chi connectivity index (χ1v) is 5.22. The molecular formula is C8H13N3O2S. The lowest BCUT2D eigenvalue weighted by atomic mass is 10.4. The molecule has 0 fully saturated rings. The van der Waals surface area contributed by atoms with Gasteiger partial charge in [-0.1, -0.05) is 0 Å². The van der Waals surface area contributed by atoms with Gasteiger partial charge in [0.2, 0.25) is 0 Å². The minimum absolute atomic E-state index is 0.338. The number of esters is 1. The molecule has 78 valence electrons. The fraction of sp³-hybridized carbons (Fsp3) is 0.500. The molecule has 0 saturated carbocycles. The largest absolute Gasteiger partial charge is 0.461 e. The lowest BCUT2D eigenvalue weighted by molar-refractivity contribution is 0.0521. The highest BCUT2D eigenvalue weighted by atomic mass is 32.1. The van der Waals surface area contributed by atoms with Crippen LogP contribution in [0.15, 0.2) is 5.51 Å². The van der Waals surface area contributed by atoms with E-state index in [2.05, 4.69) is 10.3 Å². The van der Waals surface area contributed by atoms with Gasteiger partial charge in [0.25, 0.3) is 0 Å². The molecule has 3 N–H and O–H groups in total. The summed E-state index contributed by atoms with van der Waals surface area (Å²) >= 11 is 1.37. The average molecular weight is 215 g/mol. The zero-order valence-corrected chi connectivity index (χ0v) is 8.76. The van der Waals surface area contributed by atoms with Crippen molar-refractivity contribution in [1.29, 1.82) is 0 Å². The first kappa shape index (κ1) is 10.9. The lowest BCUT2D eigenvalue weighted by Crippen LogP contribution is -2.15. The minimum atomic E-state index is -0.395. The summed E-state index contributed by atoms with van der Waals surface area (Å²) in [6, 6.07) is 0. The van der Waals surface area contributed by atoms with Crippen LogP contribution in [-0.4, -0.2) is 30.6 Å². The molecule has 0 aromatic carbocycles. The Labute approximate surface area is 86.3 Å². The van der Waals surface area contributed by atoms with Crippen LogP contribution in [0.5, 0.6) is 0 Å². The van der Waals surface area contributed by atoms with E-state index < -0.39 is 5.97 Å². The predicted molar refractivity (Wildman–Crippen MR) is 55.6 cm³/mol. The smallest absolute Gasteiger partial charge is 0.360 e. The Balaban J connectivity index is 2.66. The van der Waals surface area contributed by atoms with Crippen LogP contribution in [0.25, 0.3) is 0 Å². The lowest BCUT2D eigenvalue weighted by Gasteiger charge is -2.03. The number of nitrogens with two attached hydrogens (primary N) is 1. The van der Waals surface area contributed by atoms with Crippen LogP contribution in [-0.2, 0) is 4.74 Å². The van der Waals surface area contributed by atoms with Crippen LogP contribution >= 0.6 is 11.3 Å². The van der Waals surface area contributed by atoms with Crippen LogP contribution in [0.2, 0.25) is 0 Å². The molecule has 1 aromatic heterocycles. The highest BCUT2D eigenvalue weighted by Gasteiger charge is 2.15. The van der Waals surface area contributed by atoms with Gasteiger partial charge >= 0.3 is 5.97 Å². The second-order valence-electron chi connectivity index (χ2n) is 2.47. The maximum atomic E-state index is 11.3. The SMILES string of the molecule is CCOC(=O)c1ncsc1NCCN. The zero-order chi connectivity index (χ0) is 10.4. The zero-order valence-electron chi connectivity index (χ0n) is 7.95. The summed E-state index contributed by atoms with van der Waals surface area (Å²) in [5.74, 6) is -0.395. The molecule has 1 aromatic rings. The van der Waals surface area contributed by atoms with E-state index in [1.807, 2.05) is 0 Å². The fourth-order valence-corrected chi connectivity index (χ4v) is 1.60. The quantitative estimate of drug-likeness (QED) is 0.707. The van der Waals surface area contributed by atoms with Crippen LogP contribution in [0, 0.1) is 0 Å². The number of rotatable bonds is 5. The van der Waals surface area contributed by atoms with Gasteiger partial charge in [-0.3, -0.25) is 0 Å². The van der Waals surface area contributed by atoms with E-state index in [9.17, 15) is 4.79 Å². The molecule has 0 aliphatic heterocycles. The third-order valence-electron chi connectivity index (χ3n) is 1.47. The van der Waals surface area contributed by atoms with Gasteiger partial charge in [0.1, 0.15) is 5.00 Å². The van der Waals surface area contributed by atoms with Crippen molar-refractivity contribution in [2.45, 2.75) is 6.92 Å². The summed E-state index contributed by atoms with van der Waals surface area (Å²) in [6.07, 6.45) is 0. The number of carbonyl (C=O) groups is 1. The molecule has 5 nitrogen and oxygen atoms in total. The van der Waals surface area contributed by atoms with Crippen molar-refractivity contribution < 1.29 is 9.53 Å². The summed E-state index contributed by atoms with van der Waals surface area (Å²) in [6.45, 7) is 3.25. The van der Waals surface area contributed by atoms with Gasteiger partial charge in [-0.2, -0.15) is 0 Å². The van der Waals surface area contributed by atoms with E-state index in [0.717, 1.165) is 0 Å². The summed E-state index contributed by atoms with van der Waals surface area (Å²) in [4.78, 5) is 15.3. The van der Waals surface area contributed by atoms with Crippen LogP contribution in [0.3, 0.4) is 0 Å². The van der Waals surface area contributed by atoms with E-state index >= 15 is 0 Å². The molecule has 1 heterocycles. The maximum Gasteiger partial charge on any atom is 0.360 e. The second kappa shape index (κ2) is 5.56. The molecule has 0 spiro atoms. The van der Waals surface area contributed by atoms with Crippen molar-refractivity contribution in [3.63, 3.8) is 0 Å². The van der Waals surface area contributed by atoms with Gasteiger partial charge in [0, 0.05) is 13.1 Å². The normalized spacial score (nSPS) is 9.86. The van der Waals surface area contributed by atoms with Crippen LogP contribution in [0.4, 0.5) is 5.00 Å². The van der Waals surface area contributed by atoms with Crippen LogP contribution < -0.4 is 11.1 Å². The summed E-state index contributed by atoms with van der Waals surface area (Å²) in [5.41, 5.74) is 7.28. The van der Waals surface area contributed by atoms with Crippen molar-refractivity contribution in [2.75, 3.05) is 25.0 Å². The van der Waals surface area contributed by atoms with E-state index in [4.69, 9.17) is 10.5 Å². The van der Waals surface area contributed by atoms with Gasteiger partial charge in [0.05, 0.1) is 12.1 Å². The van der Waals surface area contributed by atoms with Crippen molar-refractivity contribution in [2.24, 2.45) is 5.73 Å². The Hall–Kier alpha value is -1.14. The Morgan fingerprint density at radius 1 is 1.79 bits per heavy atom. The molecule has 0 atom stereocenters. The highest BCUT2D eigenvalue weighted by Crippen LogP contribution is 2.20. The molecule has 0 saturated heterocycles. The Bertz CT molecular complexity index is 301. The highest BCUT2D eigenvalue weighted by molar-refractivity contribution is 7.14. The van der Waals surface area contributed by atoms with Crippen LogP contribution in [0.1, 0.15) is 17.4 Å². The Morgan fingerprint density at radius 2 is 2.57 bits per heavy atom. The molecule has 0 radical (unpaired) electrons. The van der Waals surface area contributed by atoms with Gasteiger partial charge < -0.3 is 15.8 Å². The summed E-state index contributed by atoms with van der Waals surface area (Å²) < 4.78 is 4.84. The Kier molecular flexibility index (Phi) is 4.34. The third kappa shape index (κ3) is 2.68. The number of ether oxygens (including phenoxy) is 1. The van der Waals surface area contributed by atoms with E-state index in [1.165, 1.54) is 11.3 Å². The van der Waals surface area contributed by atoms with Crippen molar-refractivity contribution >= 4 is 22.3 Å². The average Bonchev–Trinajstić information content (AvgIpc) is 2.63. The van der Waals surface area contributed by atoms with Crippen molar-refractivity contribution in [3.8, 4) is 0 Å². The molecule has 0 aliphatic rings. The molecule has 0 bridgehead atoms. The van der Waals surface area contributed by atoms with Gasteiger partial charge in [0.15, 0.2) is 5.69 Å². The number of anilines is 1. The monoisotopic (exact) mass is 215 g/mol. The van der Waals surface area contributed by atoms with Crippen molar-refractivity contribution in [3.05, 3.63) is 11.2 Å². The molecule has 14 heavy (non-hydrogen) atoms. The number of aromatic nitrogens is 1. The number of carbonyl (C=O) groups excluding carboxylic acids is 1. The molecule has 0 aliphatic carbocycles. The van der Waals surface area contributed by atoms with Gasteiger partial charge in [-0.05, 0) is 6.92 Å². The molecular weight excluding hydrogens is 202 g/mol. The number of thiazole rings is 1. The Morgan fingerprint density at radius 3 is 3.21 bits per heavy atom. The fourth-order valence-electron chi connectivity index (χ4n) is 0.902. The molecule has 6 heteroatoms. The summed E-state index contributed by atoms with van der Waals surface area (Å²) in [5, 5.41) is 3.73. The number of nitrogens with zero attached hydrogens (tertiary/aromatic N) is 1. The first-order chi connectivity index (χ1) is 6.79. The number of hydrogen-bond acceptors (Lipinski definition) is 6. The van der Waals surface area contributed by atoms with E-state index in [0.29, 0.717) is 30.4 Å². The van der Waals surface area contributed by atoms with Crippen molar-refractivity contribution in [1.82, 2.24) is 4.98 Å². The first-order valence-electron chi connectivity index (χ1n) is 4.34. The van der Waals surface area contributed by atoms with E-state index in [1.54, 1.807) is 12.4 Å². The van der Waals surface area contributed by atoms with Gasteiger partial charge in [-0.15, -0.1) is 11.3 Å². The van der Waals surface area contributed by atoms with Gasteiger partial charge in [-0.25, -0.2) is 9.78 Å². The topological polar surface area (TPSA) is 77.2 Å². The molecule has 0 amide bonds. The molecule has 0 unspecified atom stereocenters. The standard InChI is InChI=1S/C8H13N3O2S/c1-2-13-8(12)6-7(10-4-3-9)14-5-11-6/h5,10H,2-4,9H2,1H3. The molecule has 1 rings (SSSR count). The number of hydrogen-bond donors (Lipinski definition) is 2. The number of nitrogens with one attached hydrogen (secondary N) is 1. The summed E-state index contributed by atoms with van der Waals surface area (Å²) in [7, 11) is 0. The third-order valence-corrected chi connectivity index (χ3v) is 2.25.